The fourth-order valence-electron chi connectivity index (χ4n) is 3.34. The van der Waals surface area contributed by atoms with Gasteiger partial charge in [0.15, 0.2) is 0 Å². The van der Waals surface area contributed by atoms with E-state index in [1.165, 1.54) is 19.2 Å². The third-order valence-corrected chi connectivity index (χ3v) is 5.79. The number of fused-ring (bicyclic) bond motifs is 1. The van der Waals surface area contributed by atoms with Gasteiger partial charge in [-0.2, -0.15) is 13.5 Å². The number of hydrogen-bond donors (Lipinski definition) is 3. The van der Waals surface area contributed by atoms with Crippen LogP contribution in [0.5, 0.6) is 5.75 Å². The summed E-state index contributed by atoms with van der Waals surface area (Å²) in [6.45, 7) is -0.564. The molecule has 32 heavy (non-hydrogen) atoms. The third-order valence-electron chi connectivity index (χ3n) is 4.93. The van der Waals surface area contributed by atoms with Gasteiger partial charge in [-0.3, -0.25) is 9.59 Å². The number of methoxy groups -OCH3 is 1. The molecule has 2 aromatic carbocycles. The van der Waals surface area contributed by atoms with Gasteiger partial charge in [0.05, 0.1) is 36.7 Å². The smallest absolute Gasteiger partial charge is 0.307 e. The SMILES string of the molecule is COc1cc2c(cc(C(=O)N[C@H](CO)c3ccc(CC(=O)O)cc3F)n2C)c(Cl)c1Cl.S. The minimum atomic E-state index is -1.09. The van der Waals surface area contributed by atoms with Gasteiger partial charge in [0.25, 0.3) is 5.91 Å². The molecule has 1 aromatic heterocycles. The number of carbonyl (C=O) groups is 2. The first-order valence-electron chi connectivity index (χ1n) is 9.11. The van der Waals surface area contributed by atoms with Gasteiger partial charge in [-0.15, -0.1) is 0 Å². The Morgan fingerprint density at radius 1 is 1.22 bits per heavy atom. The van der Waals surface area contributed by atoms with Crippen molar-refractivity contribution in [1.29, 1.82) is 0 Å². The van der Waals surface area contributed by atoms with Gasteiger partial charge in [0.2, 0.25) is 0 Å². The van der Waals surface area contributed by atoms with Gasteiger partial charge < -0.3 is 24.8 Å². The van der Waals surface area contributed by atoms with Gasteiger partial charge in [-0.05, 0) is 17.7 Å². The first-order valence-corrected chi connectivity index (χ1v) is 9.86. The standard InChI is InChI=1S/C21H19Cl2FN2O5.H2S/c1-26-15-8-17(31-2)20(23)19(22)12(15)7-16(26)21(30)25-14(9-27)11-4-3-10(5-13(11)24)6-18(28)29;/h3-5,7-8,14,27H,6,9H2,1-2H3,(H,25,30)(H,28,29);1H2/t14-;/m1./s1. The van der Waals surface area contributed by atoms with Crippen LogP contribution in [0.2, 0.25) is 10.0 Å². The van der Waals surface area contributed by atoms with Crippen LogP contribution in [-0.2, 0) is 18.3 Å². The van der Waals surface area contributed by atoms with Crippen molar-refractivity contribution in [2.75, 3.05) is 13.7 Å². The first kappa shape index (κ1) is 25.8. The number of aromatic nitrogens is 1. The minimum Gasteiger partial charge on any atom is -0.495 e. The Labute approximate surface area is 200 Å². The number of amides is 1. The molecule has 0 bridgehead atoms. The molecule has 0 saturated heterocycles. The number of nitrogens with zero attached hydrogens (tertiary/aromatic N) is 1. The zero-order valence-electron chi connectivity index (χ0n) is 17.1. The van der Waals surface area contributed by atoms with E-state index in [2.05, 4.69) is 5.32 Å². The molecule has 0 radical (unpaired) electrons. The number of carbonyl (C=O) groups excluding carboxylic acids is 1. The van der Waals surface area contributed by atoms with E-state index in [1.54, 1.807) is 23.7 Å². The number of aliphatic carboxylic acids is 1. The van der Waals surface area contributed by atoms with Crippen LogP contribution in [-0.4, -0.2) is 40.4 Å². The Hall–Kier alpha value is -2.46. The van der Waals surface area contributed by atoms with Crippen LogP contribution >= 0.6 is 36.7 Å². The van der Waals surface area contributed by atoms with Crippen molar-refractivity contribution >= 4 is 59.5 Å². The molecule has 3 N–H and O–H groups in total. The topological polar surface area (TPSA) is 101 Å². The maximum absolute atomic E-state index is 14.5. The highest BCUT2D eigenvalue weighted by molar-refractivity contribution is 7.59. The van der Waals surface area contributed by atoms with Crippen molar-refractivity contribution in [3.63, 3.8) is 0 Å². The van der Waals surface area contributed by atoms with Crippen LogP contribution in [0.15, 0.2) is 30.3 Å². The highest BCUT2D eigenvalue weighted by Gasteiger charge is 2.23. The molecule has 0 aliphatic carbocycles. The maximum Gasteiger partial charge on any atom is 0.307 e. The average Bonchev–Trinajstić information content (AvgIpc) is 3.05. The zero-order chi connectivity index (χ0) is 22.9. The molecule has 172 valence electrons. The van der Waals surface area contributed by atoms with Gasteiger partial charge in [-0.1, -0.05) is 35.3 Å². The fraction of sp³-hybridized carbons (Fsp3) is 0.238. The lowest BCUT2D eigenvalue weighted by molar-refractivity contribution is -0.136. The van der Waals surface area contributed by atoms with E-state index in [9.17, 15) is 19.1 Å². The summed E-state index contributed by atoms with van der Waals surface area (Å²) in [7, 11) is 3.10. The number of aryl methyl sites for hydroxylation is 1. The van der Waals surface area contributed by atoms with E-state index in [1.807, 2.05) is 0 Å². The summed E-state index contributed by atoms with van der Waals surface area (Å²) in [5.74, 6) is -2.04. The van der Waals surface area contributed by atoms with E-state index in [0.29, 0.717) is 16.7 Å². The molecule has 0 fully saturated rings. The molecule has 0 aliphatic heterocycles. The van der Waals surface area contributed by atoms with Crippen molar-refractivity contribution < 1.29 is 28.9 Å². The lowest BCUT2D eigenvalue weighted by Gasteiger charge is -2.18. The van der Waals surface area contributed by atoms with Crippen LogP contribution in [0.3, 0.4) is 0 Å². The van der Waals surface area contributed by atoms with Crippen LogP contribution in [0.25, 0.3) is 10.9 Å². The fourth-order valence-corrected chi connectivity index (χ4v) is 3.82. The summed E-state index contributed by atoms with van der Waals surface area (Å²) in [5, 5.41) is 22.1. The quantitative estimate of drug-likeness (QED) is 0.455. The monoisotopic (exact) mass is 502 g/mol. The number of ether oxygens (including phenoxy) is 1. The summed E-state index contributed by atoms with van der Waals surface area (Å²) >= 11 is 12.5. The van der Waals surface area contributed by atoms with E-state index in [-0.39, 0.29) is 46.8 Å². The Kier molecular flexibility index (Phi) is 8.41. The molecule has 1 heterocycles. The Balaban J connectivity index is 0.00000363. The Morgan fingerprint density at radius 2 is 1.91 bits per heavy atom. The predicted octanol–water partition coefficient (Wildman–Crippen LogP) is 3.84. The van der Waals surface area contributed by atoms with Gasteiger partial charge >= 0.3 is 5.97 Å². The Morgan fingerprint density at radius 3 is 2.47 bits per heavy atom. The number of hydrogen-bond acceptors (Lipinski definition) is 4. The molecule has 0 aliphatic rings. The first-order chi connectivity index (χ1) is 14.7. The lowest BCUT2D eigenvalue weighted by Crippen LogP contribution is -2.32. The van der Waals surface area contributed by atoms with E-state index in [0.717, 1.165) is 6.07 Å². The molecular weight excluding hydrogens is 482 g/mol. The highest BCUT2D eigenvalue weighted by Crippen LogP contribution is 2.39. The molecule has 3 rings (SSSR count). The molecule has 0 unspecified atom stereocenters. The average molecular weight is 503 g/mol. The van der Waals surface area contributed by atoms with Crippen molar-refractivity contribution in [1.82, 2.24) is 9.88 Å². The number of carboxylic acid groups (broad SMARTS) is 1. The molecule has 11 heteroatoms. The number of aliphatic hydroxyl groups excluding tert-OH is 1. The number of aliphatic hydroxyl groups is 1. The van der Waals surface area contributed by atoms with Crippen LogP contribution in [0.4, 0.5) is 4.39 Å². The highest BCUT2D eigenvalue weighted by atomic mass is 35.5. The van der Waals surface area contributed by atoms with Crippen LogP contribution < -0.4 is 10.1 Å². The zero-order valence-corrected chi connectivity index (χ0v) is 19.6. The molecule has 3 aromatic rings. The summed E-state index contributed by atoms with van der Waals surface area (Å²) in [4.78, 5) is 23.7. The Bertz CT molecular complexity index is 1180. The normalized spacial score (nSPS) is 11.7. The van der Waals surface area contributed by atoms with Gasteiger partial charge in [0, 0.05) is 24.1 Å². The molecule has 0 saturated carbocycles. The van der Waals surface area contributed by atoms with Crippen LogP contribution in [0.1, 0.15) is 27.7 Å². The predicted molar refractivity (Wildman–Crippen MR) is 125 cm³/mol. The molecule has 7 nitrogen and oxygen atoms in total. The van der Waals surface area contributed by atoms with Crippen molar-refractivity contribution in [2.24, 2.45) is 7.05 Å². The molecule has 1 amide bonds. The van der Waals surface area contributed by atoms with Crippen molar-refractivity contribution in [3.05, 3.63) is 63.0 Å². The van der Waals surface area contributed by atoms with Crippen LogP contribution in [0, 0.1) is 5.82 Å². The number of halogens is 3. The molecule has 0 spiro atoms. The van der Waals surface area contributed by atoms with E-state index in [4.69, 9.17) is 33.0 Å². The largest absolute Gasteiger partial charge is 0.495 e. The van der Waals surface area contributed by atoms with Gasteiger partial charge in [0.1, 0.15) is 22.3 Å². The summed E-state index contributed by atoms with van der Waals surface area (Å²) < 4.78 is 21.3. The van der Waals surface area contributed by atoms with Crippen molar-refractivity contribution in [3.8, 4) is 5.75 Å². The second-order valence-corrected chi connectivity index (χ2v) is 7.62. The number of rotatable bonds is 7. The number of benzene rings is 2. The maximum atomic E-state index is 14.5. The minimum absolute atomic E-state index is 0. The second kappa shape index (κ2) is 10.4. The van der Waals surface area contributed by atoms with E-state index >= 15 is 0 Å². The van der Waals surface area contributed by atoms with Gasteiger partial charge in [-0.25, -0.2) is 4.39 Å². The third kappa shape index (κ3) is 4.96. The number of nitrogens with one attached hydrogen (secondary N) is 1. The summed E-state index contributed by atoms with van der Waals surface area (Å²) in [6.07, 6.45) is -0.337. The molecule has 1 atom stereocenters. The summed E-state index contributed by atoms with van der Waals surface area (Å²) in [6, 6.07) is 6.00. The molecular formula is C21H21Cl2FN2O5S. The summed E-state index contributed by atoms with van der Waals surface area (Å²) in [5.41, 5.74) is 1.11. The van der Waals surface area contributed by atoms with E-state index < -0.39 is 30.3 Å². The number of carboxylic acids is 1. The lowest BCUT2D eigenvalue weighted by atomic mass is 10.0. The van der Waals surface area contributed by atoms with Crippen molar-refractivity contribution in [2.45, 2.75) is 12.5 Å². The second-order valence-electron chi connectivity index (χ2n) is 6.86.